The van der Waals surface area contributed by atoms with Gasteiger partial charge in [0, 0.05) is 49.2 Å². The molecule has 40 heavy (non-hydrogen) atoms. The third-order valence-electron chi connectivity index (χ3n) is 8.68. The van der Waals surface area contributed by atoms with Crippen molar-refractivity contribution in [1.29, 1.82) is 0 Å². The number of benzene rings is 2. The molecule has 5 rings (SSSR count). The second kappa shape index (κ2) is 13.5. The van der Waals surface area contributed by atoms with Crippen LogP contribution in [0.25, 0.3) is 0 Å². The zero-order chi connectivity index (χ0) is 28.1. The Morgan fingerprint density at radius 1 is 0.875 bits per heavy atom. The van der Waals surface area contributed by atoms with Crippen molar-refractivity contribution < 1.29 is 14.0 Å². The lowest BCUT2D eigenvalue weighted by Crippen LogP contribution is -2.54. The monoisotopic (exact) mass is 588 g/mol. The average molecular weight is 590 g/mol. The molecule has 0 unspecified atom stereocenters. The first-order valence-electron chi connectivity index (χ1n) is 14.7. The highest BCUT2D eigenvalue weighted by Gasteiger charge is 2.32. The van der Waals surface area contributed by atoms with Gasteiger partial charge in [0.25, 0.3) is 0 Å². The van der Waals surface area contributed by atoms with Crippen molar-refractivity contribution in [3.8, 4) is 0 Å². The van der Waals surface area contributed by atoms with Crippen molar-refractivity contribution >= 4 is 35.1 Å². The molecule has 0 saturated carbocycles. The molecule has 3 saturated heterocycles. The number of urea groups is 1. The first kappa shape index (κ1) is 29.2. The first-order chi connectivity index (χ1) is 19.4. The number of carbonyl (C=O) groups excluding carboxylic acids is 2. The van der Waals surface area contributed by atoms with Crippen molar-refractivity contribution in [2.24, 2.45) is 0 Å². The molecule has 3 aliphatic heterocycles. The zero-order valence-corrected chi connectivity index (χ0v) is 24.5. The molecule has 0 spiro atoms. The molecule has 2 aromatic rings. The fourth-order valence-electron chi connectivity index (χ4n) is 6.36. The van der Waals surface area contributed by atoms with Crippen LogP contribution in [-0.2, 0) is 17.6 Å². The summed E-state index contributed by atoms with van der Waals surface area (Å²) in [5.41, 5.74) is 3.06. The van der Waals surface area contributed by atoms with Gasteiger partial charge in [0.15, 0.2) is 0 Å². The summed E-state index contributed by atoms with van der Waals surface area (Å²) in [6.45, 7) is 5.83. The van der Waals surface area contributed by atoms with Crippen molar-refractivity contribution in [3.63, 3.8) is 0 Å². The first-order valence-corrected chi connectivity index (χ1v) is 15.4. The van der Waals surface area contributed by atoms with E-state index in [0.717, 1.165) is 62.9 Å². The largest absolute Gasteiger partial charge is 0.341 e. The summed E-state index contributed by atoms with van der Waals surface area (Å²) in [6, 6.07) is 9.49. The summed E-state index contributed by atoms with van der Waals surface area (Å²) < 4.78 is 14.3. The van der Waals surface area contributed by atoms with E-state index in [0.29, 0.717) is 42.6 Å². The number of amides is 3. The van der Waals surface area contributed by atoms with Crippen LogP contribution >= 0.6 is 23.2 Å². The zero-order valence-electron chi connectivity index (χ0n) is 23.0. The maximum Gasteiger partial charge on any atom is 0.318 e. The van der Waals surface area contributed by atoms with Gasteiger partial charge in [-0.1, -0.05) is 35.3 Å². The molecular formula is C31H39Cl2FN4O2. The standard InChI is InChI=1S/C31H39Cl2FN4O2/c32-25-7-5-24(28(33)20-25)19-29(35-31(40)38-14-3-4-15-38)30(39)37-17-10-23(11-18-37)27-21-26(34)8-6-22(27)9-16-36-12-1-2-13-36/h5-8,20-21,23,29H,1-4,9-19H2,(H,35,40)/t29-/m1/s1. The number of nitrogens with one attached hydrogen (secondary N) is 1. The minimum Gasteiger partial charge on any atom is -0.341 e. The van der Waals surface area contributed by atoms with E-state index >= 15 is 0 Å². The fourth-order valence-corrected chi connectivity index (χ4v) is 6.84. The van der Waals surface area contributed by atoms with Crippen molar-refractivity contribution in [1.82, 2.24) is 20.0 Å². The van der Waals surface area contributed by atoms with Gasteiger partial charge < -0.3 is 20.0 Å². The number of halogens is 3. The topological polar surface area (TPSA) is 55.9 Å². The van der Waals surface area contributed by atoms with Crippen LogP contribution in [0.2, 0.25) is 10.0 Å². The Morgan fingerprint density at radius 3 is 2.25 bits per heavy atom. The Morgan fingerprint density at radius 2 is 1.55 bits per heavy atom. The van der Waals surface area contributed by atoms with Crippen LogP contribution in [0.5, 0.6) is 0 Å². The second-order valence-electron chi connectivity index (χ2n) is 11.4. The average Bonchev–Trinajstić information content (AvgIpc) is 3.68. The van der Waals surface area contributed by atoms with E-state index in [1.807, 2.05) is 17.0 Å². The molecule has 2 aromatic carbocycles. The molecule has 6 nitrogen and oxygen atoms in total. The van der Waals surface area contributed by atoms with E-state index in [1.165, 1.54) is 18.4 Å². The van der Waals surface area contributed by atoms with Gasteiger partial charge in [0.1, 0.15) is 11.9 Å². The number of hydrogen-bond donors (Lipinski definition) is 1. The summed E-state index contributed by atoms with van der Waals surface area (Å²) in [7, 11) is 0. The number of hydrogen-bond acceptors (Lipinski definition) is 3. The van der Waals surface area contributed by atoms with Gasteiger partial charge in [-0.3, -0.25) is 4.79 Å². The molecule has 3 heterocycles. The number of rotatable bonds is 8. The molecular weight excluding hydrogens is 550 g/mol. The number of likely N-dealkylation sites (tertiary alicyclic amines) is 3. The van der Waals surface area contributed by atoms with Gasteiger partial charge in [-0.05, 0) is 105 Å². The highest BCUT2D eigenvalue weighted by Crippen LogP contribution is 2.32. The Balaban J connectivity index is 1.25. The molecule has 3 fully saturated rings. The van der Waals surface area contributed by atoms with E-state index in [2.05, 4.69) is 10.2 Å². The van der Waals surface area contributed by atoms with Gasteiger partial charge in [0.2, 0.25) is 5.91 Å². The third kappa shape index (κ3) is 7.29. The Bertz CT molecular complexity index is 1190. The summed E-state index contributed by atoms with van der Waals surface area (Å²) >= 11 is 12.5. The lowest BCUT2D eigenvalue weighted by Gasteiger charge is -2.35. The van der Waals surface area contributed by atoms with Crippen molar-refractivity contribution in [3.05, 3.63) is 69.0 Å². The molecule has 0 aromatic heterocycles. The molecule has 3 aliphatic rings. The van der Waals surface area contributed by atoms with E-state index in [4.69, 9.17) is 23.2 Å². The number of carbonyl (C=O) groups is 2. The van der Waals surface area contributed by atoms with Crippen LogP contribution in [0.1, 0.15) is 61.1 Å². The highest BCUT2D eigenvalue weighted by molar-refractivity contribution is 6.35. The lowest BCUT2D eigenvalue weighted by molar-refractivity contribution is -0.134. The summed E-state index contributed by atoms with van der Waals surface area (Å²) in [6.07, 6.45) is 7.20. The quantitative estimate of drug-likeness (QED) is 0.418. The van der Waals surface area contributed by atoms with Crippen LogP contribution in [0.15, 0.2) is 36.4 Å². The minimum atomic E-state index is -0.728. The summed E-state index contributed by atoms with van der Waals surface area (Å²) in [5, 5.41) is 4.00. The molecule has 0 radical (unpaired) electrons. The van der Waals surface area contributed by atoms with Crippen LogP contribution in [0, 0.1) is 5.82 Å². The smallest absolute Gasteiger partial charge is 0.318 e. The maximum absolute atomic E-state index is 14.3. The van der Waals surface area contributed by atoms with E-state index in [-0.39, 0.29) is 23.7 Å². The molecule has 0 bridgehead atoms. The third-order valence-corrected chi connectivity index (χ3v) is 9.27. The molecule has 0 aliphatic carbocycles. The van der Waals surface area contributed by atoms with E-state index in [9.17, 15) is 14.0 Å². The molecule has 1 atom stereocenters. The van der Waals surface area contributed by atoms with Gasteiger partial charge in [0.05, 0.1) is 0 Å². The van der Waals surface area contributed by atoms with Gasteiger partial charge in [-0.15, -0.1) is 0 Å². The normalized spacial score (nSPS) is 19.3. The summed E-state index contributed by atoms with van der Waals surface area (Å²) in [4.78, 5) is 32.9. The Labute approximate surface area is 246 Å². The Hall–Kier alpha value is -2.35. The highest BCUT2D eigenvalue weighted by atomic mass is 35.5. The van der Waals surface area contributed by atoms with Gasteiger partial charge in [-0.25, -0.2) is 9.18 Å². The minimum absolute atomic E-state index is 0.106. The fraction of sp³-hybridized carbons (Fsp3) is 0.548. The predicted octanol–water partition coefficient (Wildman–Crippen LogP) is 5.89. The molecule has 1 N–H and O–H groups in total. The van der Waals surface area contributed by atoms with Crippen LogP contribution in [-0.4, -0.2) is 78.5 Å². The van der Waals surface area contributed by atoms with Crippen molar-refractivity contribution in [2.45, 2.75) is 63.3 Å². The van der Waals surface area contributed by atoms with E-state index in [1.54, 1.807) is 29.2 Å². The van der Waals surface area contributed by atoms with Crippen molar-refractivity contribution in [2.75, 3.05) is 45.8 Å². The SMILES string of the molecule is O=C(N[C@H](Cc1ccc(Cl)cc1Cl)C(=O)N1CCC(c2cc(F)ccc2CCN2CCCC2)CC1)N1CCCC1. The maximum atomic E-state index is 14.3. The molecule has 9 heteroatoms. The van der Waals surface area contributed by atoms with Crippen LogP contribution in [0.3, 0.4) is 0 Å². The predicted molar refractivity (Wildman–Crippen MR) is 158 cm³/mol. The Kier molecular flexibility index (Phi) is 9.87. The lowest BCUT2D eigenvalue weighted by atomic mass is 9.85. The van der Waals surface area contributed by atoms with Gasteiger partial charge >= 0.3 is 6.03 Å². The van der Waals surface area contributed by atoms with Crippen LogP contribution < -0.4 is 5.32 Å². The number of piperidine rings is 1. The van der Waals surface area contributed by atoms with Gasteiger partial charge in [-0.2, -0.15) is 0 Å². The molecule has 216 valence electrons. The summed E-state index contributed by atoms with van der Waals surface area (Å²) in [5.74, 6) is -0.106. The van der Waals surface area contributed by atoms with Crippen LogP contribution in [0.4, 0.5) is 9.18 Å². The molecule has 3 amide bonds. The number of nitrogens with zero attached hydrogens (tertiary/aromatic N) is 3. The van der Waals surface area contributed by atoms with E-state index < -0.39 is 6.04 Å². The second-order valence-corrected chi connectivity index (χ2v) is 12.2.